The second-order valence-corrected chi connectivity index (χ2v) is 3.29. The summed E-state index contributed by atoms with van der Waals surface area (Å²) < 4.78 is 4.10. The second-order valence-electron chi connectivity index (χ2n) is 3.14. The summed E-state index contributed by atoms with van der Waals surface area (Å²) in [5.41, 5.74) is 1.84. The third kappa shape index (κ3) is 2.20. The van der Waals surface area contributed by atoms with Crippen molar-refractivity contribution < 1.29 is 9.08 Å². The number of nitrogens with zero attached hydrogens (tertiary/aromatic N) is 1. The molecule has 0 aliphatic heterocycles. The topological polar surface area (TPSA) is 39.2 Å². The normalized spacial score (nSPS) is 9.81. The Kier molecular flexibility index (Phi) is 3.17. The lowest BCUT2D eigenvalue weighted by molar-refractivity contribution is 0.0745. The number of carbonyl (C=O) groups excluding carboxylic acids is 1. The number of aromatic nitrogens is 1. The molecule has 0 aliphatic rings. The average molecular weight is 234 g/mol. The summed E-state index contributed by atoms with van der Waals surface area (Å²) in [7, 11) is 0. The van der Waals surface area contributed by atoms with E-state index in [0.29, 0.717) is 5.69 Å². The van der Waals surface area contributed by atoms with E-state index in [-0.39, 0.29) is 5.69 Å². The lowest BCUT2D eigenvalue weighted by atomic mass is 10.1. The number of hydrogen-bond acceptors (Lipinski definition) is 3. The molecule has 1 aromatic carbocycles. The fourth-order valence-electron chi connectivity index (χ4n) is 1.36. The van der Waals surface area contributed by atoms with Gasteiger partial charge in [-0.15, -0.1) is 0 Å². The molecular formula is C12H8ClNO2. The molecule has 1 aromatic heterocycles. The van der Waals surface area contributed by atoms with Crippen LogP contribution in [0, 0.1) is 0 Å². The van der Waals surface area contributed by atoms with Crippen LogP contribution in [0.5, 0.6) is 0 Å². The minimum Gasteiger partial charge on any atom is -0.342 e. The number of carbonyl (C=O) groups is 1. The van der Waals surface area contributed by atoms with E-state index < -0.39 is 5.97 Å². The Bertz CT molecular complexity index is 499. The van der Waals surface area contributed by atoms with Crippen molar-refractivity contribution in [1.82, 2.24) is 4.98 Å². The lowest BCUT2D eigenvalue weighted by Gasteiger charge is -2.01. The maximum Gasteiger partial charge on any atom is 0.374 e. The molecule has 0 spiro atoms. The number of pyridine rings is 1. The summed E-state index contributed by atoms with van der Waals surface area (Å²) in [5.74, 6) is -0.653. The summed E-state index contributed by atoms with van der Waals surface area (Å²) in [5, 5.41) is 0. The fraction of sp³-hybridized carbons (Fsp3) is 0. The van der Waals surface area contributed by atoms with Crippen molar-refractivity contribution in [1.29, 1.82) is 0 Å². The molecule has 0 radical (unpaired) electrons. The summed E-state index contributed by atoms with van der Waals surface area (Å²) in [4.78, 5) is 15.3. The number of benzene rings is 1. The van der Waals surface area contributed by atoms with Gasteiger partial charge in [0.25, 0.3) is 0 Å². The molecule has 80 valence electrons. The van der Waals surface area contributed by atoms with Crippen LogP contribution in [-0.4, -0.2) is 11.0 Å². The van der Waals surface area contributed by atoms with Crippen LogP contribution >= 0.6 is 11.9 Å². The zero-order chi connectivity index (χ0) is 11.4. The van der Waals surface area contributed by atoms with Crippen LogP contribution in [-0.2, 0) is 4.29 Å². The van der Waals surface area contributed by atoms with Gasteiger partial charge in [-0.3, -0.25) is 0 Å². The third-order valence-corrected chi connectivity index (χ3v) is 2.24. The van der Waals surface area contributed by atoms with Gasteiger partial charge in [0.2, 0.25) is 0 Å². The maximum absolute atomic E-state index is 11.2. The van der Waals surface area contributed by atoms with Crippen LogP contribution < -0.4 is 0 Å². The zero-order valence-electron chi connectivity index (χ0n) is 8.26. The molecule has 4 heteroatoms. The first-order valence-corrected chi connectivity index (χ1v) is 4.97. The average Bonchev–Trinajstić information content (AvgIpc) is 2.39. The van der Waals surface area contributed by atoms with Crippen LogP contribution in [0.3, 0.4) is 0 Å². The van der Waals surface area contributed by atoms with Gasteiger partial charge in [0.15, 0.2) is 5.69 Å². The highest BCUT2D eigenvalue weighted by Crippen LogP contribution is 2.16. The highest BCUT2D eigenvalue weighted by Gasteiger charge is 2.09. The predicted octanol–water partition coefficient (Wildman–Crippen LogP) is 3.06. The van der Waals surface area contributed by atoms with E-state index >= 15 is 0 Å². The van der Waals surface area contributed by atoms with Gasteiger partial charge in [-0.25, -0.2) is 9.78 Å². The van der Waals surface area contributed by atoms with Gasteiger partial charge in [0.05, 0.1) is 5.69 Å². The highest BCUT2D eigenvalue weighted by molar-refractivity contribution is 6.15. The Balaban J connectivity index is 2.40. The summed E-state index contributed by atoms with van der Waals surface area (Å²) in [6.07, 6.45) is 0. The molecule has 0 bridgehead atoms. The fourth-order valence-corrected chi connectivity index (χ4v) is 1.44. The molecule has 1 heterocycles. The minimum absolute atomic E-state index is 0.191. The molecule has 2 aromatic rings. The summed E-state index contributed by atoms with van der Waals surface area (Å²) in [6.45, 7) is 0. The lowest BCUT2D eigenvalue weighted by Crippen LogP contribution is -2.01. The number of halogens is 1. The molecule has 0 fully saturated rings. The van der Waals surface area contributed by atoms with Gasteiger partial charge >= 0.3 is 5.97 Å². The maximum atomic E-state index is 11.2. The van der Waals surface area contributed by atoms with Crippen LogP contribution in [0.1, 0.15) is 10.5 Å². The van der Waals surface area contributed by atoms with Crippen molar-refractivity contribution in [3.63, 3.8) is 0 Å². The first kappa shape index (κ1) is 10.6. The Labute approximate surface area is 97.8 Å². The Morgan fingerprint density at radius 1 is 1.06 bits per heavy atom. The quantitative estimate of drug-likeness (QED) is 0.800. The van der Waals surface area contributed by atoms with E-state index in [4.69, 9.17) is 11.9 Å². The highest BCUT2D eigenvalue weighted by atomic mass is 35.5. The van der Waals surface area contributed by atoms with Gasteiger partial charge in [0.1, 0.15) is 11.9 Å². The van der Waals surface area contributed by atoms with Crippen LogP contribution in [0.15, 0.2) is 48.5 Å². The third-order valence-electron chi connectivity index (χ3n) is 2.10. The van der Waals surface area contributed by atoms with Gasteiger partial charge in [-0.05, 0) is 12.1 Å². The van der Waals surface area contributed by atoms with Crippen LogP contribution in [0.25, 0.3) is 11.3 Å². The van der Waals surface area contributed by atoms with Crippen LogP contribution in [0.4, 0.5) is 0 Å². The van der Waals surface area contributed by atoms with Crippen molar-refractivity contribution in [2.75, 3.05) is 0 Å². The molecule has 0 saturated heterocycles. The summed E-state index contributed by atoms with van der Waals surface area (Å²) in [6, 6.07) is 14.7. The predicted molar refractivity (Wildman–Crippen MR) is 60.9 cm³/mol. The van der Waals surface area contributed by atoms with E-state index in [1.54, 1.807) is 12.1 Å². The molecule has 2 rings (SSSR count). The Morgan fingerprint density at radius 2 is 1.81 bits per heavy atom. The number of rotatable bonds is 2. The van der Waals surface area contributed by atoms with Crippen molar-refractivity contribution in [2.24, 2.45) is 0 Å². The van der Waals surface area contributed by atoms with E-state index in [1.165, 1.54) is 0 Å². The van der Waals surface area contributed by atoms with Crippen molar-refractivity contribution >= 4 is 17.8 Å². The Hall–Kier alpha value is -1.87. The first-order chi connectivity index (χ1) is 7.81. The van der Waals surface area contributed by atoms with E-state index in [2.05, 4.69) is 9.27 Å². The van der Waals surface area contributed by atoms with Crippen molar-refractivity contribution in [3.05, 3.63) is 54.2 Å². The van der Waals surface area contributed by atoms with E-state index in [9.17, 15) is 4.79 Å². The van der Waals surface area contributed by atoms with Crippen LogP contribution in [0.2, 0.25) is 0 Å². The van der Waals surface area contributed by atoms with Crippen molar-refractivity contribution in [3.8, 4) is 11.3 Å². The van der Waals surface area contributed by atoms with E-state index in [0.717, 1.165) is 5.56 Å². The SMILES string of the molecule is O=C(OCl)c1cccc(-c2ccccc2)n1. The van der Waals surface area contributed by atoms with Gasteiger partial charge in [-0.2, -0.15) is 0 Å². The molecule has 0 saturated carbocycles. The molecule has 0 N–H and O–H groups in total. The Morgan fingerprint density at radius 3 is 2.50 bits per heavy atom. The zero-order valence-corrected chi connectivity index (χ0v) is 9.02. The molecule has 0 atom stereocenters. The standard InChI is InChI=1S/C12H8ClNO2/c13-16-12(15)11-8-4-7-10(14-11)9-5-2-1-3-6-9/h1-8H. The van der Waals surface area contributed by atoms with Crippen molar-refractivity contribution in [2.45, 2.75) is 0 Å². The number of hydrogen-bond donors (Lipinski definition) is 0. The van der Waals surface area contributed by atoms with Gasteiger partial charge in [0, 0.05) is 5.56 Å². The first-order valence-electron chi connectivity index (χ1n) is 4.66. The van der Waals surface area contributed by atoms with Gasteiger partial charge in [-0.1, -0.05) is 36.4 Å². The molecule has 3 nitrogen and oxygen atoms in total. The largest absolute Gasteiger partial charge is 0.374 e. The second kappa shape index (κ2) is 4.77. The van der Waals surface area contributed by atoms with Gasteiger partial charge < -0.3 is 4.29 Å². The molecular weight excluding hydrogens is 226 g/mol. The molecule has 0 amide bonds. The minimum atomic E-state index is -0.653. The summed E-state index contributed by atoms with van der Waals surface area (Å²) >= 11 is 5.00. The smallest absolute Gasteiger partial charge is 0.342 e. The molecule has 16 heavy (non-hydrogen) atoms. The molecule has 0 unspecified atom stereocenters. The molecule has 0 aliphatic carbocycles. The van der Waals surface area contributed by atoms with E-state index in [1.807, 2.05) is 36.4 Å². The monoisotopic (exact) mass is 233 g/mol.